The lowest BCUT2D eigenvalue weighted by Gasteiger charge is -2.36. The summed E-state index contributed by atoms with van der Waals surface area (Å²) in [7, 11) is 1.75. The zero-order chi connectivity index (χ0) is 18.4. The van der Waals surface area contributed by atoms with Crippen LogP contribution >= 0.6 is 0 Å². The van der Waals surface area contributed by atoms with Gasteiger partial charge in [0.2, 0.25) is 0 Å². The molecule has 2 fully saturated rings. The lowest BCUT2D eigenvalue weighted by atomic mass is 9.70. The number of hydrogen-bond donors (Lipinski definition) is 0. The third-order valence-corrected chi connectivity index (χ3v) is 7.53. The van der Waals surface area contributed by atoms with Gasteiger partial charge in [-0.1, -0.05) is 51.7 Å². The van der Waals surface area contributed by atoms with Crippen LogP contribution in [0.3, 0.4) is 0 Å². The van der Waals surface area contributed by atoms with E-state index in [9.17, 15) is 0 Å². The van der Waals surface area contributed by atoms with Crippen molar-refractivity contribution in [2.75, 3.05) is 7.11 Å². The summed E-state index contributed by atoms with van der Waals surface area (Å²) in [5.74, 6) is 5.74. The van der Waals surface area contributed by atoms with Crippen molar-refractivity contribution < 1.29 is 4.74 Å². The first kappa shape index (κ1) is 19.8. The summed E-state index contributed by atoms with van der Waals surface area (Å²) in [6, 6.07) is 8.80. The van der Waals surface area contributed by atoms with Crippen LogP contribution in [0.25, 0.3) is 0 Å². The van der Waals surface area contributed by atoms with E-state index in [1.807, 2.05) is 0 Å². The molecule has 3 rings (SSSR count). The van der Waals surface area contributed by atoms with Gasteiger partial charge in [-0.05, 0) is 92.2 Å². The second-order valence-corrected chi connectivity index (χ2v) is 9.27. The van der Waals surface area contributed by atoms with Crippen molar-refractivity contribution in [3.05, 3.63) is 29.8 Å². The molecule has 0 N–H and O–H groups in total. The van der Waals surface area contributed by atoms with Crippen LogP contribution in [-0.4, -0.2) is 7.11 Å². The molecule has 0 heterocycles. The van der Waals surface area contributed by atoms with Gasteiger partial charge in [0, 0.05) is 0 Å². The van der Waals surface area contributed by atoms with Gasteiger partial charge in [-0.3, -0.25) is 0 Å². The van der Waals surface area contributed by atoms with Crippen LogP contribution in [0.2, 0.25) is 0 Å². The average Bonchev–Trinajstić information content (AvgIpc) is 2.69. The summed E-state index contributed by atoms with van der Waals surface area (Å²) < 4.78 is 5.30. The van der Waals surface area contributed by atoms with Gasteiger partial charge in [0.1, 0.15) is 5.75 Å². The molecular formula is C25H40O. The second-order valence-electron chi connectivity index (χ2n) is 9.27. The summed E-state index contributed by atoms with van der Waals surface area (Å²) in [5.41, 5.74) is 1.52. The summed E-state index contributed by atoms with van der Waals surface area (Å²) in [4.78, 5) is 0. The number of rotatable bonds is 7. The molecule has 1 atom stereocenters. The van der Waals surface area contributed by atoms with Gasteiger partial charge in [0.15, 0.2) is 0 Å². The van der Waals surface area contributed by atoms with E-state index in [0.29, 0.717) is 0 Å². The molecule has 1 unspecified atom stereocenters. The number of benzene rings is 1. The van der Waals surface area contributed by atoms with E-state index >= 15 is 0 Å². The Morgan fingerprint density at radius 3 is 2.08 bits per heavy atom. The Labute approximate surface area is 161 Å². The minimum atomic E-state index is 0.775. The maximum absolute atomic E-state index is 5.30. The van der Waals surface area contributed by atoms with Gasteiger partial charge in [0.05, 0.1) is 7.11 Å². The van der Waals surface area contributed by atoms with Crippen LogP contribution < -0.4 is 4.74 Å². The largest absolute Gasteiger partial charge is 0.497 e. The molecule has 1 nitrogen and oxygen atoms in total. The highest BCUT2D eigenvalue weighted by Gasteiger charge is 2.28. The molecule has 0 amide bonds. The fraction of sp³-hybridized carbons (Fsp3) is 0.760. The predicted octanol–water partition coefficient (Wildman–Crippen LogP) is 7.60. The molecule has 0 radical (unpaired) electrons. The molecule has 1 heteroatoms. The molecule has 26 heavy (non-hydrogen) atoms. The molecule has 0 spiro atoms. The number of hydrogen-bond acceptors (Lipinski definition) is 1. The zero-order valence-corrected chi connectivity index (χ0v) is 17.4. The van der Waals surface area contributed by atoms with Gasteiger partial charge < -0.3 is 4.74 Å². The molecule has 2 aliphatic carbocycles. The van der Waals surface area contributed by atoms with Crippen molar-refractivity contribution in [3.8, 4) is 5.75 Å². The summed E-state index contributed by atoms with van der Waals surface area (Å²) in [6.45, 7) is 4.90. The second kappa shape index (κ2) is 9.81. The van der Waals surface area contributed by atoms with E-state index in [1.54, 1.807) is 7.11 Å². The van der Waals surface area contributed by atoms with Gasteiger partial charge in [-0.15, -0.1) is 0 Å². The summed E-state index contributed by atoms with van der Waals surface area (Å²) in [6.07, 6.45) is 16.0. The lowest BCUT2D eigenvalue weighted by Crippen LogP contribution is -2.23. The molecule has 1 aromatic carbocycles. The minimum Gasteiger partial charge on any atom is -0.497 e. The highest BCUT2D eigenvalue weighted by atomic mass is 16.5. The first-order valence-electron chi connectivity index (χ1n) is 11.3. The standard InChI is InChI=1S/C25H40O/c1-4-5-20-6-10-22(11-7-20)19(2)18-21-8-12-23(13-9-21)24-14-16-25(26-3)17-15-24/h14-17,19-23H,4-13,18H2,1-3H3. The Morgan fingerprint density at radius 2 is 1.50 bits per heavy atom. The quantitative estimate of drug-likeness (QED) is 0.488. The van der Waals surface area contributed by atoms with E-state index in [2.05, 4.69) is 38.1 Å². The smallest absolute Gasteiger partial charge is 0.118 e. The summed E-state index contributed by atoms with van der Waals surface area (Å²) in [5, 5.41) is 0. The first-order valence-corrected chi connectivity index (χ1v) is 11.3. The molecule has 0 saturated heterocycles. The SMILES string of the molecule is CCCC1CCC(C(C)CC2CCC(c3ccc(OC)cc3)CC2)CC1. The lowest BCUT2D eigenvalue weighted by molar-refractivity contribution is 0.169. The average molecular weight is 357 g/mol. The third-order valence-electron chi connectivity index (χ3n) is 7.53. The van der Waals surface area contributed by atoms with Crippen LogP contribution in [0.1, 0.15) is 96.0 Å². The van der Waals surface area contributed by atoms with Crippen LogP contribution in [0.15, 0.2) is 24.3 Å². The maximum atomic E-state index is 5.30. The molecule has 2 aliphatic rings. The predicted molar refractivity (Wildman–Crippen MR) is 112 cm³/mol. The molecule has 0 aliphatic heterocycles. The van der Waals surface area contributed by atoms with Crippen molar-refractivity contribution in [3.63, 3.8) is 0 Å². The third kappa shape index (κ3) is 5.27. The van der Waals surface area contributed by atoms with Crippen molar-refractivity contribution >= 4 is 0 Å². The number of ether oxygens (including phenoxy) is 1. The van der Waals surface area contributed by atoms with Crippen LogP contribution in [0, 0.1) is 23.7 Å². The maximum Gasteiger partial charge on any atom is 0.118 e. The molecular weight excluding hydrogens is 316 g/mol. The normalized spacial score (nSPS) is 30.7. The molecule has 146 valence electrons. The van der Waals surface area contributed by atoms with E-state index < -0.39 is 0 Å². The highest BCUT2D eigenvalue weighted by Crippen LogP contribution is 2.42. The Kier molecular flexibility index (Phi) is 7.46. The first-order chi connectivity index (χ1) is 12.7. The Morgan fingerprint density at radius 1 is 0.885 bits per heavy atom. The van der Waals surface area contributed by atoms with E-state index in [0.717, 1.165) is 35.3 Å². The molecule has 1 aromatic rings. The van der Waals surface area contributed by atoms with Crippen molar-refractivity contribution in [1.29, 1.82) is 0 Å². The minimum absolute atomic E-state index is 0.775. The van der Waals surface area contributed by atoms with Gasteiger partial charge in [0.25, 0.3) is 0 Å². The Bertz CT molecular complexity index is 503. The van der Waals surface area contributed by atoms with Gasteiger partial charge in [-0.2, -0.15) is 0 Å². The van der Waals surface area contributed by atoms with E-state index in [-0.39, 0.29) is 0 Å². The molecule has 0 aromatic heterocycles. The monoisotopic (exact) mass is 356 g/mol. The topological polar surface area (TPSA) is 9.23 Å². The Balaban J connectivity index is 1.40. The van der Waals surface area contributed by atoms with Gasteiger partial charge >= 0.3 is 0 Å². The fourth-order valence-electron chi connectivity index (χ4n) is 5.78. The van der Waals surface area contributed by atoms with Crippen molar-refractivity contribution in [2.45, 2.75) is 90.4 Å². The van der Waals surface area contributed by atoms with Crippen LogP contribution in [-0.2, 0) is 0 Å². The van der Waals surface area contributed by atoms with Crippen molar-refractivity contribution in [1.82, 2.24) is 0 Å². The zero-order valence-electron chi connectivity index (χ0n) is 17.4. The number of methoxy groups -OCH3 is 1. The highest BCUT2D eigenvalue weighted by molar-refractivity contribution is 5.29. The molecule has 2 saturated carbocycles. The van der Waals surface area contributed by atoms with Crippen LogP contribution in [0.4, 0.5) is 0 Å². The Hall–Kier alpha value is -0.980. The van der Waals surface area contributed by atoms with Crippen LogP contribution in [0.5, 0.6) is 5.75 Å². The summed E-state index contributed by atoms with van der Waals surface area (Å²) >= 11 is 0. The van der Waals surface area contributed by atoms with Crippen molar-refractivity contribution in [2.24, 2.45) is 23.7 Å². The molecule has 0 bridgehead atoms. The van der Waals surface area contributed by atoms with Gasteiger partial charge in [-0.25, -0.2) is 0 Å². The van der Waals surface area contributed by atoms with E-state index in [1.165, 1.54) is 76.2 Å². The fourth-order valence-corrected chi connectivity index (χ4v) is 5.78. The van der Waals surface area contributed by atoms with E-state index in [4.69, 9.17) is 4.74 Å².